The van der Waals surface area contributed by atoms with Gasteiger partial charge in [-0.2, -0.15) is 5.10 Å². The fourth-order valence-corrected chi connectivity index (χ4v) is 2.38. The molecule has 0 unspecified atom stereocenters. The molecule has 3 N–H and O–H groups in total. The molecule has 0 bridgehead atoms. The van der Waals surface area contributed by atoms with Crippen molar-refractivity contribution in [2.75, 3.05) is 17.2 Å². The number of carbonyl (C=O) groups excluding carboxylic acids is 2. The van der Waals surface area contributed by atoms with Crippen LogP contribution in [-0.4, -0.2) is 24.8 Å². The number of para-hydroxylation sites is 1. The summed E-state index contributed by atoms with van der Waals surface area (Å²) in [5.41, 5.74) is 4.26. The molecule has 8 heteroatoms. The first kappa shape index (κ1) is 20.5. The number of anilines is 2. The first-order valence-corrected chi connectivity index (χ1v) is 9.02. The predicted molar refractivity (Wildman–Crippen MR) is 113 cm³/mol. The van der Waals surface area contributed by atoms with Crippen molar-refractivity contribution in [1.82, 2.24) is 5.43 Å². The topological polar surface area (TPSA) is 91.8 Å². The summed E-state index contributed by atoms with van der Waals surface area (Å²) in [6, 6.07) is 20.8. The lowest BCUT2D eigenvalue weighted by atomic mass is 10.2. The van der Waals surface area contributed by atoms with E-state index in [1.165, 1.54) is 30.5 Å². The van der Waals surface area contributed by atoms with Gasteiger partial charge in [0.2, 0.25) is 0 Å². The molecule has 0 fully saturated rings. The number of rotatable bonds is 7. The molecule has 0 aliphatic heterocycles. The molecule has 0 atom stereocenters. The molecule has 0 saturated carbocycles. The number of benzene rings is 3. The zero-order valence-corrected chi connectivity index (χ0v) is 15.8. The van der Waals surface area contributed by atoms with E-state index in [0.29, 0.717) is 17.1 Å². The zero-order valence-electron chi connectivity index (χ0n) is 15.8. The van der Waals surface area contributed by atoms with E-state index in [-0.39, 0.29) is 18.3 Å². The van der Waals surface area contributed by atoms with Gasteiger partial charge in [0.1, 0.15) is 11.6 Å². The average molecular weight is 406 g/mol. The lowest BCUT2D eigenvalue weighted by molar-refractivity contribution is -0.118. The Morgan fingerprint density at radius 2 is 1.53 bits per heavy atom. The van der Waals surface area contributed by atoms with E-state index in [4.69, 9.17) is 4.74 Å². The van der Waals surface area contributed by atoms with Gasteiger partial charge < -0.3 is 15.4 Å². The van der Waals surface area contributed by atoms with E-state index < -0.39 is 6.03 Å². The van der Waals surface area contributed by atoms with Gasteiger partial charge in [-0.05, 0) is 66.2 Å². The van der Waals surface area contributed by atoms with Gasteiger partial charge in [0.25, 0.3) is 5.91 Å². The molecule has 3 aromatic carbocycles. The molecule has 152 valence electrons. The monoisotopic (exact) mass is 406 g/mol. The Hall–Kier alpha value is -4.20. The van der Waals surface area contributed by atoms with E-state index in [1.54, 1.807) is 36.4 Å². The maximum Gasteiger partial charge on any atom is 0.339 e. The van der Waals surface area contributed by atoms with Crippen molar-refractivity contribution in [3.05, 3.63) is 90.2 Å². The van der Waals surface area contributed by atoms with Gasteiger partial charge >= 0.3 is 6.03 Å². The van der Waals surface area contributed by atoms with Crippen LogP contribution in [0.4, 0.5) is 20.6 Å². The first-order valence-electron chi connectivity index (χ1n) is 9.02. The molecular weight excluding hydrogens is 387 g/mol. The number of amides is 3. The van der Waals surface area contributed by atoms with Crippen LogP contribution in [0.15, 0.2) is 84.0 Å². The lowest BCUT2D eigenvalue weighted by Gasteiger charge is -2.07. The maximum absolute atomic E-state index is 12.9. The number of nitrogens with one attached hydrogen (secondary N) is 3. The summed E-state index contributed by atoms with van der Waals surface area (Å²) < 4.78 is 18.3. The number of hydrogen-bond donors (Lipinski definition) is 3. The first-order chi connectivity index (χ1) is 14.6. The van der Waals surface area contributed by atoms with Crippen molar-refractivity contribution in [3.63, 3.8) is 0 Å². The van der Waals surface area contributed by atoms with Gasteiger partial charge in [0.05, 0.1) is 6.21 Å². The fraction of sp³-hybridized carbons (Fsp3) is 0.0455. The predicted octanol–water partition coefficient (Wildman–Crippen LogP) is 4.00. The fourth-order valence-electron chi connectivity index (χ4n) is 2.38. The second-order valence-electron chi connectivity index (χ2n) is 6.10. The number of nitrogens with zero attached hydrogens (tertiary/aromatic N) is 1. The molecule has 0 aliphatic rings. The third-order valence-electron chi connectivity index (χ3n) is 3.79. The highest BCUT2D eigenvalue weighted by Gasteiger charge is 2.04. The van der Waals surface area contributed by atoms with Gasteiger partial charge in [0.15, 0.2) is 6.61 Å². The summed E-state index contributed by atoms with van der Waals surface area (Å²) in [5.74, 6) is -0.239. The summed E-state index contributed by atoms with van der Waals surface area (Å²) in [7, 11) is 0. The molecular formula is C22H19FN4O3. The summed E-state index contributed by atoms with van der Waals surface area (Å²) in [6.07, 6.45) is 1.48. The molecule has 0 heterocycles. The van der Waals surface area contributed by atoms with E-state index in [0.717, 1.165) is 5.56 Å². The highest BCUT2D eigenvalue weighted by Crippen LogP contribution is 2.12. The number of carbonyl (C=O) groups is 2. The van der Waals surface area contributed by atoms with Crippen LogP contribution in [0, 0.1) is 5.82 Å². The minimum Gasteiger partial charge on any atom is -0.484 e. The largest absolute Gasteiger partial charge is 0.484 e. The third-order valence-corrected chi connectivity index (χ3v) is 3.79. The standard InChI is InChI=1S/C22H19FN4O3/c23-17-8-10-19(11-9-17)25-21(28)15-30-20-12-6-16(7-13-20)14-24-27-22(29)26-18-4-2-1-3-5-18/h1-14H,15H2,(H,25,28)(H2,26,27,29)/b24-14-. The number of urea groups is 1. The Kier molecular flexibility index (Phi) is 7.10. The quantitative estimate of drug-likeness (QED) is 0.409. The number of ether oxygens (including phenoxy) is 1. The van der Waals surface area contributed by atoms with Crippen LogP contribution in [0.1, 0.15) is 5.56 Å². The lowest BCUT2D eigenvalue weighted by Crippen LogP contribution is -2.24. The van der Waals surface area contributed by atoms with Crippen LogP contribution in [0.25, 0.3) is 0 Å². The zero-order chi connectivity index (χ0) is 21.2. The number of halogens is 1. The summed E-state index contributed by atoms with van der Waals surface area (Å²) >= 11 is 0. The Morgan fingerprint density at radius 1 is 0.867 bits per heavy atom. The second-order valence-corrected chi connectivity index (χ2v) is 6.10. The van der Waals surface area contributed by atoms with E-state index in [9.17, 15) is 14.0 Å². The van der Waals surface area contributed by atoms with Crippen molar-refractivity contribution in [2.45, 2.75) is 0 Å². The average Bonchev–Trinajstić information content (AvgIpc) is 2.75. The Labute approximate surface area is 172 Å². The van der Waals surface area contributed by atoms with Crippen LogP contribution >= 0.6 is 0 Å². The summed E-state index contributed by atoms with van der Waals surface area (Å²) in [5, 5.41) is 9.13. The Morgan fingerprint density at radius 3 is 2.23 bits per heavy atom. The van der Waals surface area contributed by atoms with Gasteiger partial charge in [-0.25, -0.2) is 14.6 Å². The summed E-state index contributed by atoms with van der Waals surface area (Å²) in [4.78, 5) is 23.6. The third kappa shape index (κ3) is 6.75. The van der Waals surface area contributed by atoms with Gasteiger partial charge in [0, 0.05) is 11.4 Å². The number of hydrogen-bond acceptors (Lipinski definition) is 4. The molecule has 0 spiro atoms. The van der Waals surface area contributed by atoms with Crippen molar-refractivity contribution in [2.24, 2.45) is 5.10 Å². The van der Waals surface area contributed by atoms with Crippen LogP contribution in [0.2, 0.25) is 0 Å². The van der Waals surface area contributed by atoms with Crippen LogP contribution < -0.4 is 20.8 Å². The molecule has 30 heavy (non-hydrogen) atoms. The molecule has 0 radical (unpaired) electrons. The molecule has 0 saturated heterocycles. The van der Waals surface area contributed by atoms with E-state index in [2.05, 4.69) is 21.2 Å². The SMILES string of the molecule is O=C(COc1ccc(/C=N\NC(=O)Nc2ccccc2)cc1)Nc1ccc(F)cc1. The van der Waals surface area contributed by atoms with Crippen LogP contribution in [0.3, 0.4) is 0 Å². The normalized spacial score (nSPS) is 10.4. The number of hydrazone groups is 1. The molecule has 7 nitrogen and oxygen atoms in total. The minimum absolute atomic E-state index is 0.188. The highest BCUT2D eigenvalue weighted by atomic mass is 19.1. The van der Waals surface area contributed by atoms with E-state index >= 15 is 0 Å². The molecule has 3 amide bonds. The Balaban J connectivity index is 1.41. The van der Waals surface area contributed by atoms with Gasteiger partial charge in [-0.15, -0.1) is 0 Å². The van der Waals surface area contributed by atoms with Crippen molar-refractivity contribution < 1.29 is 18.7 Å². The molecule has 3 aromatic rings. The summed E-state index contributed by atoms with van der Waals surface area (Å²) in [6.45, 7) is -0.188. The minimum atomic E-state index is -0.454. The van der Waals surface area contributed by atoms with Gasteiger partial charge in [-0.1, -0.05) is 18.2 Å². The maximum atomic E-state index is 12.9. The molecule has 0 aliphatic carbocycles. The van der Waals surface area contributed by atoms with Crippen molar-refractivity contribution in [3.8, 4) is 5.75 Å². The Bertz CT molecular complexity index is 1010. The van der Waals surface area contributed by atoms with E-state index in [1.807, 2.05) is 18.2 Å². The van der Waals surface area contributed by atoms with Crippen LogP contribution in [0.5, 0.6) is 5.75 Å². The van der Waals surface area contributed by atoms with Gasteiger partial charge in [-0.3, -0.25) is 4.79 Å². The molecule has 0 aromatic heterocycles. The molecule has 3 rings (SSSR count). The van der Waals surface area contributed by atoms with Crippen molar-refractivity contribution in [1.29, 1.82) is 0 Å². The second kappa shape index (κ2) is 10.4. The smallest absolute Gasteiger partial charge is 0.339 e. The van der Waals surface area contributed by atoms with Crippen molar-refractivity contribution >= 4 is 29.5 Å². The van der Waals surface area contributed by atoms with Crippen LogP contribution in [-0.2, 0) is 4.79 Å². The highest BCUT2D eigenvalue weighted by molar-refractivity contribution is 5.92.